The number of nitrogens with zero attached hydrogens (tertiary/aromatic N) is 1. The molecule has 1 heterocycles. The summed E-state index contributed by atoms with van der Waals surface area (Å²) in [7, 11) is -3.47. The average Bonchev–Trinajstić information content (AvgIpc) is 3.45. The summed E-state index contributed by atoms with van der Waals surface area (Å²) in [4.78, 5) is 12.5. The fourth-order valence-corrected chi connectivity index (χ4v) is 6.33. The van der Waals surface area contributed by atoms with E-state index in [1.54, 1.807) is 28.6 Å². The number of hydrogen-bond donors (Lipinski definition) is 1. The molecule has 2 aliphatic carbocycles. The topological polar surface area (TPSA) is 66.5 Å². The van der Waals surface area contributed by atoms with Crippen molar-refractivity contribution in [3.8, 4) is 0 Å². The molecule has 3 aliphatic rings. The van der Waals surface area contributed by atoms with Gasteiger partial charge in [-0.15, -0.1) is 0 Å². The van der Waals surface area contributed by atoms with Crippen LogP contribution in [-0.4, -0.2) is 38.3 Å². The highest BCUT2D eigenvalue weighted by molar-refractivity contribution is 7.89. The smallest absolute Gasteiger partial charge is 0.243 e. The standard InChI is InChI=1S/C20H28N2O3S/c23-19(16-9-10-16)21-13-17-14-22(15-20(17)11-5-2-6-12-20)26(24,25)18-7-3-1-4-8-18/h1,3-4,7-8,16-17H,2,5-6,9-15H2,(H,21,23). The zero-order valence-electron chi connectivity index (χ0n) is 15.2. The molecular formula is C20H28N2O3S. The first-order valence-corrected chi connectivity index (χ1v) is 11.3. The summed E-state index contributed by atoms with van der Waals surface area (Å²) in [6, 6.07) is 8.72. The molecule has 1 aliphatic heterocycles. The summed E-state index contributed by atoms with van der Waals surface area (Å²) in [6.45, 7) is 1.71. The van der Waals surface area contributed by atoms with Crippen LogP contribution in [0.2, 0.25) is 0 Å². The molecule has 6 heteroatoms. The second kappa shape index (κ2) is 6.97. The second-order valence-electron chi connectivity index (χ2n) is 8.25. The monoisotopic (exact) mass is 376 g/mol. The van der Waals surface area contributed by atoms with E-state index in [1.165, 1.54) is 6.42 Å². The molecule has 1 unspecified atom stereocenters. The van der Waals surface area contributed by atoms with Crippen molar-refractivity contribution in [1.82, 2.24) is 9.62 Å². The van der Waals surface area contributed by atoms with Gasteiger partial charge in [0.2, 0.25) is 15.9 Å². The van der Waals surface area contributed by atoms with E-state index in [0.717, 1.165) is 38.5 Å². The highest BCUT2D eigenvalue weighted by atomic mass is 32.2. The van der Waals surface area contributed by atoms with Gasteiger partial charge in [0.05, 0.1) is 4.90 Å². The van der Waals surface area contributed by atoms with E-state index < -0.39 is 10.0 Å². The van der Waals surface area contributed by atoms with Gasteiger partial charge in [-0.3, -0.25) is 4.79 Å². The molecular weight excluding hydrogens is 348 g/mol. The number of carbonyl (C=O) groups excluding carboxylic acids is 1. The predicted molar refractivity (Wildman–Crippen MR) is 99.9 cm³/mol. The average molecular weight is 377 g/mol. The number of rotatable bonds is 5. The first kappa shape index (κ1) is 18.0. The van der Waals surface area contributed by atoms with Crippen molar-refractivity contribution < 1.29 is 13.2 Å². The Morgan fingerprint density at radius 3 is 2.46 bits per heavy atom. The molecule has 1 spiro atoms. The molecule has 0 radical (unpaired) electrons. The number of benzene rings is 1. The van der Waals surface area contributed by atoms with Gasteiger partial charge in [0.15, 0.2) is 0 Å². The van der Waals surface area contributed by atoms with Gasteiger partial charge in [0.25, 0.3) is 0 Å². The van der Waals surface area contributed by atoms with Crippen LogP contribution in [0.15, 0.2) is 35.2 Å². The van der Waals surface area contributed by atoms with Gasteiger partial charge < -0.3 is 5.32 Å². The number of carbonyl (C=O) groups is 1. The normalized spacial score (nSPS) is 26.1. The maximum Gasteiger partial charge on any atom is 0.243 e. The Morgan fingerprint density at radius 2 is 1.81 bits per heavy atom. The summed E-state index contributed by atoms with van der Waals surface area (Å²) >= 11 is 0. The number of amides is 1. The van der Waals surface area contributed by atoms with E-state index in [-0.39, 0.29) is 23.2 Å². The van der Waals surface area contributed by atoms with Crippen molar-refractivity contribution in [2.75, 3.05) is 19.6 Å². The van der Waals surface area contributed by atoms with E-state index in [0.29, 0.717) is 24.5 Å². The van der Waals surface area contributed by atoms with E-state index in [1.807, 2.05) is 6.07 Å². The first-order chi connectivity index (χ1) is 12.5. The minimum Gasteiger partial charge on any atom is -0.356 e. The second-order valence-corrected chi connectivity index (χ2v) is 10.2. The Bertz CT molecular complexity index is 753. The van der Waals surface area contributed by atoms with Crippen LogP contribution in [-0.2, 0) is 14.8 Å². The fourth-order valence-electron chi connectivity index (χ4n) is 4.73. The molecule has 2 saturated carbocycles. The molecule has 26 heavy (non-hydrogen) atoms. The van der Waals surface area contributed by atoms with E-state index >= 15 is 0 Å². The van der Waals surface area contributed by atoms with Crippen molar-refractivity contribution in [3.05, 3.63) is 30.3 Å². The zero-order chi connectivity index (χ0) is 18.2. The third-order valence-electron chi connectivity index (χ3n) is 6.48. The highest BCUT2D eigenvalue weighted by Gasteiger charge is 2.50. The Hall–Kier alpha value is -1.40. The Kier molecular flexibility index (Phi) is 4.82. The molecule has 1 N–H and O–H groups in total. The van der Waals surface area contributed by atoms with Gasteiger partial charge in [-0.25, -0.2) is 8.42 Å². The van der Waals surface area contributed by atoms with Gasteiger partial charge in [-0.05, 0) is 49.1 Å². The number of hydrogen-bond acceptors (Lipinski definition) is 3. The van der Waals surface area contributed by atoms with E-state index in [2.05, 4.69) is 5.32 Å². The van der Waals surface area contributed by atoms with Crippen LogP contribution < -0.4 is 5.32 Å². The lowest BCUT2D eigenvalue weighted by atomic mass is 9.68. The van der Waals surface area contributed by atoms with Crippen LogP contribution in [0.3, 0.4) is 0 Å². The van der Waals surface area contributed by atoms with Crippen molar-refractivity contribution in [1.29, 1.82) is 0 Å². The Morgan fingerprint density at radius 1 is 1.12 bits per heavy atom. The minimum atomic E-state index is -3.47. The molecule has 1 saturated heterocycles. The van der Waals surface area contributed by atoms with Crippen molar-refractivity contribution in [2.45, 2.75) is 49.8 Å². The van der Waals surface area contributed by atoms with Crippen molar-refractivity contribution in [3.63, 3.8) is 0 Å². The van der Waals surface area contributed by atoms with Crippen LogP contribution in [0.1, 0.15) is 44.9 Å². The molecule has 1 aromatic carbocycles. The molecule has 0 aromatic heterocycles. The lowest BCUT2D eigenvalue weighted by Gasteiger charge is -2.38. The van der Waals surface area contributed by atoms with Gasteiger partial charge in [-0.1, -0.05) is 37.5 Å². The molecule has 1 amide bonds. The highest BCUT2D eigenvalue weighted by Crippen LogP contribution is 2.48. The zero-order valence-corrected chi connectivity index (χ0v) is 16.0. The van der Waals surface area contributed by atoms with Gasteiger partial charge in [0, 0.05) is 25.6 Å². The molecule has 5 nitrogen and oxygen atoms in total. The van der Waals surface area contributed by atoms with Crippen molar-refractivity contribution >= 4 is 15.9 Å². The number of nitrogens with one attached hydrogen (secondary N) is 1. The fraction of sp³-hybridized carbons (Fsp3) is 0.650. The van der Waals surface area contributed by atoms with E-state index in [9.17, 15) is 13.2 Å². The van der Waals surface area contributed by atoms with Crippen LogP contribution >= 0.6 is 0 Å². The van der Waals surface area contributed by atoms with Crippen LogP contribution in [0.5, 0.6) is 0 Å². The summed E-state index contributed by atoms with van der Waals surface area (Å²) < 4.78 is 27.9. The van der Waals surface area contributed by atoms with E-state index in [4.69, 9.17) is 0 Å². The maximum atomic E-state index is 13.1. The summed E-state index contributed by atoms with van der Waals surface area (Å²) in [5, 5.41) is 3.11. The molecule has 1 atom stereocenters. The van der Waals surface area contributed by atoms with Gasteiger partial charge >= 0.3 is 0 Å². The summed E-state index contributed by atoms with van der Waals surface area (Å²) in [6.07, 6.45) is 7.68. The minimum absolute atomic E-state index is 0.0247. The van der Waals surface area contributed by atoms with Crippen LogP contribution in [0, 0.1) is 17.3 Å². The Labute approximate surface area is 156 Å². The Balaban J connectivity index is 1.53. The quantitative estimate of drug-likeness (QED) is 0.859. The lowest BCUT2D eigenvalue weighted by Crippen LogP contribution is -2.40. The summed E-state index contributed by atoms with van der Waals surface area (Å²) in [5.41, 5.74) is 0.0247. The predicted octanol–water partition coefficient (Wildman–Crippen LogP) is 2.78. The number of sulfonamides is 1. The third kappa shape index (κ3) is 3.41. The van der Waals surface area contributed by atoms with Crippen LogP contribution in [0.4, 0.5) is 0 Å². The lowest BCUT2D eigenvalue weighted by molar-refractivity contribution is -0.122. The molecule has 1 aromatic rings. The van der Waals surface area contributed by atoms with Crippen LogP contribution in [0.25, 0.3) is 0 Å². The summed E-state index contributed by atoms with van der Waals surface area (Å²) in [5.74, 6) is 0.562. The van der Waals surface area contributed by atoms with Gasteiger partial charge in [-0.2, -0.15) is 4.31 Å². The molecule has 0 bridgehead atoms. The maximum absolute atomic E-state index is 13.1. The third-order valence-corrected chi connectivity index (χ3v) is 8.31. The molecule has 4 rings (SSSR count). The molecule has 142 valence electrons. The van der Waals surface area contributed by atoms with Gasteiger partial charge in [0.1, 0.15) is 0 Å². The SMILES string of the molecule is O=C(NCC1CN(S(=O)(=O)c2ccccc2)CC12CCCCC2)C1CC1. The molecule has 3 fully saturated rings. The van der Waals surface area contributed by atoms with Crippen molar-refractivity contribution in [2.24, 2.45) is 17.3 Å². The largest absolute Gasteiger partial charge is 0.356 e. The first-order valence-electron chi connectivity index (χ1n) is 9.84.